The van der Waals surface area contributed by atoms with Crippen LogP contribution in [-0.2, 0) is 0 Å². The number of nitrogens with zero attached hydrogens (tertiary/aromatic N) is 3. The van der Waals surface area contributed by atoms with Crippen molar-refractivity contribution in [2.24, 2.45) is 0 Å². The van der Waals surface area contributed by atoms with Crippen molar-refractivity contribution >= 4 is 39.5 Å². The highest BCUT2D eigenvalue weighted by Crippen LogP contribution is 2.22. The number of aryl methyl sites for hydroxylation is 1. The second-order valence-corrected chi connectivity index (χ2v) is 7.85. The molecule has 0 radical (unpaired) electrons. The Morgan fingerprint density at radius 3 is 2.33 bits per heavy atom. The maximum absolute atomic E-state index is 13.6. The van der Waals surface area contributed by atoms with Crippen LogP contribution in [-0.4, -0.2) is 14.5 Å². The Bertz CT molecular complexity index is 1620. The second-order valence-electron chi connectivity index (χ2n) is 7.85. The normalized spacial score (nSPS) is 11.4. The summed E-state index contributed by atoms with van der Waals surface area (Å²) in [5.41, 5.74) is 2.86. The summed E-state index contributed by atoms with van der Waals surface area (Å²) in [6.07, 6.45) is 3.45. The van der Waals surface area contributed by atoms with Gasteiger partial charge in [-0.1, -0.05) is 60.2 Å². The van der Waals surface area contributed by atoms with E-state index in [1.165, 1.54) is 12.1 Å². The molecule has 5 aromatic rings. The number of rotatable bonds is 4. The lowest BCUT2D eigenvalue weighted by Gasteiger charge is -2.12. The molecule has 6 nitrogen and oxygen atoms in total. The number of benzene rings is 4. The molecule has 6 heteroatoms. The van der Waals surface area contributed by atoms with Crippen LogP contribution in [0.25, 0.3) is 39.5 Å². The molecule has 0 aliphatic heterocycles. The monoisotopic (exact) mass is 433 g/mol. The molecule has 0 aliphatic rings. The van der Waals surface area contributed by atoms with Crippen LogP contribution in [0.4, 0.5) is 5.69 Å². The first-order chi connectivity index (χ1) is 16.0. The van der Waals surface area contributed by atoms with Crippen LogP contribution in [0.3, 0.4) is 0 Å². The first kappa shape index (κ1) is 20.3. The quantitative estimate of drug-likeness (QED) is 0.200. The van der Waals surface area contributed by atoms with Crippen molar-refractivity contribution in [1.82, 2.24) is 9.55 Å². The summed E-state index contributed by atoms with van der Waals surface area (Å²) in [6.45, 7) is 1.99. The fourth-order valence-corrected chi connectivity index (χ4v) is 3.86. The Morgan fingerprint density at radius 1 is 0.879 bits per heavy atom. The predicted octanol–water partition coefficient (Wildman–Crippen LogP) is 5.93. The molecule has 0 bridgehead atoms. The van der Waals surface area contributed by atoms with Gasteiger partial charge in [-0.2, -0.15) is 0 Å². The van der Waals surface area contributed by atoms with E-state index >= 15 is 0 Å². The Labute approximate surface area is 189 Å². The zero-order valence-electron chi connectivity index (χ0n) is 17.8. The lowest BCUT2D eigenvalue weighted by Crippen LogP contribution is -2.22. The molecule has 0 N–H and O–H groups in total. The van der Waals surface area contributed by atoms with Crippen molar-refractivity contribution in [3.63, 3.8) is 0 Å². The van der Waals surface area contributed by atoms with E-state index in [0.717, 1.165) is 16.3 Å². The maximum atomic E-state index is 13.6. The minimum atomic E-state index is -0.432. The Balaban J connectivity index is 1.74. The lowest BCUT2D eigenvalue weighted by atomic mass is 10.1. The number of hydrogen-bond donors (Lipinski definition) is 0. The van der Waals surface area contributed by atoms with E-state index in [0.29, 0.717) is 28.0 Å². The fourth-order valence-electron chi connectivity index (χ4n) is 3.86. The summed E-state index contributed by atoms with van der Waals surface area (Å²) < 4.78 is 1.57. The summed E-state index contributed by atoms with van der Waals surface area (Å²) in [7, 11) is 0. The van der Waals surface area contributed by atoms with Crippen molar-refractivity contribution in [1.29, 1.82) is 0 Å². The molecule has 4 aromatic carbocycles. The van der Waals surface area contributed by atoms with Crippen molar-refractivity contribution < 1.29 is 4.92 Å². The molecule has 33 heavy (non-hydrogen) atoms. The molecule has 0 fully saturated rings. The number of aromatic nitrogens is 2. The summed E-state index contributed by atoms with van der Waals surface area (Å²) in [5, 5.41) is 13.6. The SMILES string of the molecule is Cc1ccc(-n2c(/C=C/c3cccc([N+](=O)[O-])c3)nc3cc4ccccc4cc3c2=O)cc1. The van der Waals surface area contributed by atoms with E-state index in [4.69, 9.17) is 4.98 Å². The molecule has 0 amide bonds. The molecule has 0 atom stereocenters. The van der Waals surface area contributed by atoms with Crippen LogP contribution in [0.5, 0.6) is 0 Å². The van der Waals surface area contributed by atoms with Gasteiger partial charge in [-0.05, 0) is 53.6 Å². The molecular weight excluding hydrogens is 414 g/mol. The van der Waals surface area contributed by atoms with Crippen molar-refractivity contribution in [3.05, 3.63) is 122 Å². The largest absolute Gasteiger partial charge is 0.270 e. The smallest absolute Gasteiger partial charge is 0.268 e. The highest BCUT2D eigenvalue weighted by molar-refractivity contribution is 5.96. The highest BCUT2D eigenvalue weighted by Gasteiger charge is 2.13. The molecule has 0 aliphatic carbocycles. The molecule has 0 unspecified atom stereocenters. The van der Waals surface area contributed by atoms with Gasteiger partial charge in [0.05, 0.1) is 21.5 Å². The van der Waals surface area contributed by atoms with Gasteiger partial charge in [0.25, 0.3) is 11.2 Å². The van der Waals surface area contributed by atoms with Gasteiger partial charge >= 0.3 is 0 Å². The first-order valence-corrected chi connectivity index (χ1v) is 10.4. The number of non-ortho nitro benzene ring substituents is 1. The summed E-state index contributed by atoms with van der Waals surface area (Å²) in [5.74, 6) is 0.443. The lowest BCUT2D eigenvalue weighted by molar-refractivity contribution is -0.384. The summed E-state index contributed by atoms with van der Waals surface area (Å²) in [6, 6.07) is 25.6. The number of nitro groups is 1. The fraction of sp³-hybridized carbons (Fsp3) is 0.0370. The first-order valence-electron chi connectivity index (χ1n) is 10.4. The Morgan fingerprint density at radius 2 is 1.61 bits per heavy atom. The van der Waals surface area contributed by atoms with Gasteiger partial charge in [0, 0.05) is 12.1 Å². The average Bonchev–Trinajstić information content (AvgIpc) is 2.83. The molecule has 0 saturated heterocycles. The van der Waals surface area contributed by atoms with E-state index in [1.807, 2.05) is 67.6 Å². The Kier molecular flexibility index (Phi) is 5.03. The van der Waals surface area contributed by atoms with Gasteiger partial charge in [-0.3, -0.25) is 19.5 Å². The number of hydrogen-bond acceptors (Lipinski definition) is 4. The third-order valence-corrected chi connectivity index (χ3v) is 5.56. The molecule has 1 heterocycles. The van der Waals surface area contributed by atoms with Crippen molar-refractivity contribution in [2.45, 2.75) is 6.92 Å². The van der Waals surface area contributed by atoms with Gasteiger partial charge in [-0.15, -0.1) is 0 Å². The summed E-state index contributed by atoms with van der Waals surface area (Å²) >= 11 is 0. The molecule has 1 aromatic heterocycles. The molecule has 160 valence electrons. The molecular formula is C27H19N3O3. The standard InChI is InChI=1S/C27H19N3O3/c1-18-9-12-22(13-10-18)29-26(14-11-19-5-4-8-23(15-19)30(32)33)28-25-17-21-7-3-2-6-20(21)16-24(25)27(29)31/h2-17H,1H3/b14-11+. The molecule has 5 rings (SSSR count). The van der Waals surface area contributed by atoms with Crippen LogP contribution in [0.15, 0.2) is 89.7 Å². The van der Waals surface area contributed by atoms with E-state index in [-0.39, 0.29) is 11.2 Å². The minimum absolute atomic E-state index is 0.00557. The van der Waals surface area contributed by atoms with E-state index < -0.39 is 4.92 Å². The van der Waals surface area contributed by atoms with Crippen LogP contribution in [0.1, 0.15) is 17.0 Å². The third kappa shape index (κ3) is 3.90. The van der Waals surface area contributed by atoms with Gasteiger partial charge in [-0.25, -0.2) is 4.98 Å². The molecule has 0 spiro atoms. The van der Waals surface area contributed by atoms with E-state index in [2.05, 4.69) is 0 Å². The topological polar surface area (TPSA) is 78.0 Å². The minimum Gasteiger partial charge on any atom is -0.268 e. The highest BCUT2D eigenvalue weighted by atomic mass is 16.6. The van der Waals surface area contributed by atoms with Gasteiger partial charge in [0.1, 0.15) is 5.82 Å². The van der Waals surface area contributed by atoms with Gasteiger partial charge in [0.15, 0.2) is 0 Å². The Hall–Kier alpha value is -4.58. The second kappa shape index (κ2) is 8.16. The van der Waals surface area contributed by atoms with E-state index in [1.54, 1.807) is 28.9 Å². The van der Waals surface area contributed by atoms with Crippen LogP contribution >= 0.6 is 0 Å². The van der Waals surface area contributed by atoms with E-state index in [9.17, 15) is 14.9 Å². The maximum Gasteiger partial charge on any atom is 0.270 e. The number of nitro benzene ring substituents is 1. The van der Waals surface area contributed by atoms with Crippen molar-refractivity contribution in [3.8, 4) is 5.69 Å². The van der Waals surface area contributed by atoms with Crippen LogP contribution in [0.2, 0.25) is 0 Å². The van der Waals surface area contributed by atoms with Gasteiger partial charge < -0.3 is 0 Å². The molecule has 0 saturated carbocycles. The number of fused-ring (bicyclic) bond motifs is 2. The van der Waals surface area contributed by atoms with Crippen molar-refractivity contribution in [2.75, 3.05) is 0 Å². The predicted molar refractivity (Wildman–Crippen MR) is 132 cm³/mol. The average molecular weight is 433 g/mol. The summed E-state index contributed by atoms with van der Waals surface area (Å²) in [4.78, 5) is 29.1. The zero-order valence-corrected chi connectivity index (χ0v) is 17.8. The third-order valence-electron chi connectivity index (χ3n) is 5.56. The van der Waals surface area contributed by atoms with Gasteiger partial charge in [0.2, 0.25) is 0 Å². The van der Waals surface area contributed by atoms with Crippen LogP contribution in [0, 0.1) is 17.0 Å². The zero-order chi connectivity index (χ0) is 22.9. The van der Waals surface area contributed by atoms with Crippen LogP contribution < -0.4 is 5.56 Å².